The molecule has 4 nitrogen and oxygen atoms in total. The molecule has 3 rings (SSSR count). The first-order chi connectivity index (χ1) is 11.0. The van der Waals surface area contributed by atoms with E-state index in [1.807, 2.05) is 11.1 Å². The van der Waals surface area contributed by atoms with Crippen LogP contribution in [-0.2, 0) is 11.3 Å². The number of hydrogen-bond donors (Lipinski definition) is 1. The number of nitrogens with zero attached hydrogens (tertiary/aromatic N) is 2. The Labute approximate surface area is 140 Å². The largest absolute Gasteiger partial charge is 0.480 e. The molecule has 0 spiro atoms. The molecule has 1 aromatic heterocycles. The van der Waals surface area contributed by atoms with Crippen molar-refractivity contribution in [1.29, 1.82) is 0 Å². The number of aliphatic carboxylic acids is 1. The fourth-order valence-electron chi connectivity index (χ4n) is 3.02. The van der Waals surface area contributed by atoms with E-state index in [1.54, 1.807) is 11.3 Å². The maximum absolute atomic E-state index is 11.3. The smallest absolute Gasteiger partial charge is 0.320 e. The summed E-state index contributed by atoms with van der Waals surface area (Å²) in [6.45, 7) is 5.91. The van der Waals surface area contributed by atoms with E-state index < -0.39 is 5.97 Å². The first-order valence-electron chi connectivity index (χ1n) is 8.06. The average Bonchev–Trinajstić information content (AvgIpc) is 3.17. The van der Waals surface area contributed by atoms with E-state index in [0.29, 0.717) is 12.5 Å². The number of hydrogen-bond acceptors (Lipinski definition) is 4. The predicted octanol–water partition coefficient (Wildman–Crippen LogP) is 3.98. The van der Waals surface area contributed by atoms with Gasteiger partial charge >= 0.3 is 5.97 Å². The van der Waals surface area contributed by atoms with Crippen LogP contribution < -0.4 is 0 Å². The summed E-state index contributed by atoms with van der Waals surface area (Å²) >= 11 is 1.66. The van der Waals surface area contributed by atoms with Crippen molar-refractivity contribution in [2.45, 2.75) is 45.2 Å². The molecular weight excluding hydrogens is 308 g/mol. The minimum Gasteiger partial charge on any atom is -0.480 e. The van der Waals surface area contributed by atoms with Gasteiger partial charge in [0.1, 0.15) is 11.0 Å². The number of rotatable bonds is 5. The second-order valence-electron chi connectivity index (χ2n) is 6.38. The van der Waals surface area contributed by atoms with Gasteiger partial charge in [0.2, 0.25) is 0 Å². The zero-order valence-corrected chi connectivity index (χ0v) is 14.3. The van der Waals surface area contributed by atoms with E-state index in [-0.39, 0.29) is 6.04 Å². The molecule has 1 saturated heterocycles. The molecular formula is C18H22N2O2S. The van der Waals surface area contributed by atoms with Crippen LogP contribution in [0.5, 0.6) is 0 Å². The Kier molecular flexibility index (Phi) is 4.78. The summed E-state index contributed by atoms with van der Waals surface area (Å²) < 4.78 is 0. The third-order valence-electron chi connectivity index (χ3n) is 4.39. The van der Waals surface area contributed by atoms with Gasteiger partial charge in [0.15, 0.2) is 0 Å². The number of carboxylic acids is 1. The van der Waals surface area contributed by atoms with Crippen LogP contribution in [0.2, 0.25) is 0 Å². The molecule has 23 heavy (non-hydrogen) atoms. The Balaban J connectivity index is 1.71. The number of thiazole rings is 1. The van der Waals surface area contributed by atoms with Crippen LogP contribution >= 0.6 is 11.3 Å². The topological polar surface area (TPSA) is 53.4 Å². The van der Waals surface area contributed by atoms with Crippen LogP contribution in [0.1, 0.15) is 43.0 Å². The minimum absolute atomic E-state index is 0.342. The van der Waals surface area contributed by atoms with Gasteiger partial charge in [-0.2, -0.15) is 0 Å². The average molecular weight is 330 g/mol. The quantitative estimate of drug-likeness (QED) is 0.901. The summed E-state index contributed by atoms with van der Waals surface area (Å²) in [6.07, 6.45) is 3.59. The molecule has 2 heterocycles. The molecule has 1 aliphatic rings. The van der Waals surface area contributed by atoms with Gasteiger partial charge in [0.25, 0.3) is 0 Å². The van der Waals surface area contributed by atoms with Gasteiger partial charge in [-0.25, -0.2) is 4.98 Å². The lowest BCUT2D eigenvalue weighted by atomic mass is 10.0. The van der Waals surface area contributed by atoms with Crippen molar-refractivity contribution in [2.75, 3.05) is 6.54 Å². The summed E-state index contributed by atoms with van der Waals surface area (Å²) in [5, 5.41) is 10.3. The van der Waals surface area contributed by atoms with E-state index >= 15 is 0 Å². The first-order valence-corrected chi connectivity index (χ1v) is 8.88. The standard InChI is InChI=1S/C18H22N2O2S/c1-12(2)13-5-7-14(8-6-13)17-19-10-15(23-17)11-20-9-3-4-16(20)18(21)22/h5-8,10,12,16H,3-4,9,11H2,1-2H3,(H,21,22)/t16-/m1/s1. The van der Waals surface area contributed by atoms with Gasteiger partial charge in [-0.1, -0.05) is 38.1 Å². The normalized spacial score (nSPS) is 18.7. The van der Waals surface area contributed by atoms with Crippen LogP contribution in [0.15, 0.2) is 30.5 Å². The lowest BCUT2D eigenvalue weighted by Crippen LogP contribution is -2.35. The highest BCUT2D eigenvalue weighted by Gasteiger charge is 2.30. The van der Waals surface area contributed by atoms with Crippen molar-refractivity contribution >= 4 is 17.3 Å². The van der Waals surface area contributed by atoms with Crippen molar-refractivity contribution in [3.63, 3.8) is 0 Å². The number of carbonyl (C=O) groups is 1. The fourth-order valence-corrected chi connectivity index (χ4v) is 3.96. The SMILES string of the molecule is CC(C)c1ccc(-c2ncc(CN3CCC[C@@H]3C(=O)O)s2)cc1. The molecule has 0 radical (unpaired) electrons. The molecule has 1 N–H and O–H groups in total. The molecule has 0 saturated carbocycles. The molecule has 122 valence electrons. The van der Waals surface area contributed by atoms with E-state index in [4.69, 9.17) is 0 Å². The second kappa shape index (κ2) is 6.81. The summed E-state index contributed by atoms with van der Waals surface area (Å²) in [7, 11) is 0. The van der Waals surface area contributed by atoms with Gasteiger partial charge in [-0.3, -0.25) is 9.69 Å². The Bertz CT molecular complexity index is 679. The Hall–Kier alpha value is -1.72. The molecule has 1 aliphatic heterocycles. The highest BCUT2D eigenvalue weighted by Crippen LogP contribution is 2.29. The van der Waals surface area contributed by atoms with Crippen LogP contribution in [0, 0.1) is 0 Å². The van der Waals surface area contributed by atoms with Crippen molar-refractivity contribution < 1.29 is 9.90 Å². The van der Waals surface area contributed by atoms with E-state index in [0.717, 1.165) is 34.8 Å². The Morgan fingerprint density at radius 2 is 2.13 bits per heavy atom. The van der Waals surface area contributed by atoms with Gasteiger partial charge in [-0.05, 0) is 30.9 Å². The molecule has 0 amide bonds. The van der Waals surface area contributed by atoms with Crippen LogP contribution in [0.3, 0.4) is 0 Å². The molecule has 1 fully saturated rings. The summed E-state index contributed by atoms with van der Waals surface area (Å²) in [5.41, 5.74) is 2.45. The minimum atomic E-state index is -0.712. The highest BCUT2D eigenvalue weighted by atomic mass is 32.1. The van der Waals surface area contributed by atoms with E-state index in [2.05, 4.69) is 43.1 Å². The first kappa shape index (κ1) is 16.1. The lowest BCUT2D eigenvalue weighted by molar-refractivity contribution is -0.142. The Morgan fingerprint density at radius 3 is 2.78 bits per heavy atom. The van der Waals surface area contributed by atoms with E-state index in [1.165, 1.54) is 5.56 Å². The van der Waals surface area contributed by atoms with Crippen molar-refractivity contribution in [2.24, 2.45) is 0 Å². The molecule has 0 bridgehead atoms. The number of carboxylic acid groups (broad SMARTS) is 1. The maximum Gasteiger partial charge on any atom is 0.320 e. The predicted molar refractivity (Wildman–Crippen MR) is 92.7 cm³/mol. The van der Waals surface area contributed by atoms with Crippen LogP contribution in [0.4, 0.5) is 0 Å². The summed E-state index contributed by atoms with van der Waals surface area (Å²) in [6, 6.07) is 8.21. The molecule has 5 heteroatoms. The fraction of sp³-hybridized carbons (Fsp3) is 0.444. The molecule has 1 atom stereocenters. The van der Waals surface area contributed by atoms with Crippen molar-refractivity contribution in [1.82, 2.24) is 9.88 Å². The molecule has 0 unspecified atom stereocenters. The molecule has 0 aliphatic carbocycles. The van der Waals surface area contributed by atoms with Crippen LogP contribution in [-0.4, -0.2) is 33.5 Å². The number of benzene rings is 1. The van der Waals surface area contributed by atoms with Crippen molar-refractivity contribution in [3.8, 4) is 10.6 Å². The lowest BCUT2D eigenvalue weighted by Gasteiger charge is -2.19. The summed E-state index contributed by atoms with van der Waals surface area (Å²) in [4.78, 5) is 18.9. The third kappa shape index (κ3) is 3.62. The molecule has 2 aromatic rings. The van der Waals surface area contributed by atoms with Gasteiger partial charge in [0.05, 0.1) is 0 Å². The summed E-state index contributed by atoms with van der Waals surface area (Å²) in [5.74, 6) is -0.185. The third-order valence-corrected chi connectivity index (χ3v) is 5.42. The molecule has 1 aromatic carbocycles. The van der Waals surface area contributed by atoms with Crippen LogP contribution in [0.25, 0.3) is 10.6 Å². The van der Waals surface area contributed by atoms with Gasteiger partial charge in [0, 0.05) is 23.2 Å². The van der Waals surface area contributed by atoms with E-state index in [9.17, 15) is 9.90 Å². The number of likely N-dealkylation sites (tertiary alicyclic amines) is 1. The van der Waals surface area contributed by atoms with Gasteiger partial charge in [-0.15, -0.1) is 11.3 Å². The Morgan fingerprint density at radius 1 is 1.39 bits per heavy atom. The zero-order chi connectivity index (χ0) is 16.4. The number of aromatic nitrogens is 1. The maximum atomic E-state index is 11.3. The van der Waals surface area contributed by atoms with Crippen molar-refractivity contribution in [3.05, 3.63) is 40.9 Å². The zero-order valence-electron chi connectivity index (χ0n) is 13.5. The highest BCUT2D eigenvalue weighted by molar-refractivity contribution is 7.15. The second-order valence-corrected chi connectivity index (χ2v) is 7.49. The monoisotopic (exact) mass is 330 g/mol. The van der Waals surface area contributed by atoms with Gasteiger partial charge < -0.3 is 5.11 Å².